The minimum atomic E-state index is 0. The molecular weight excluding hydrogens is 301 g/mol. The van der Waals surface area contributed by atoms with Crippen LogP contribution in [-0.4, -0.2) is 75.2 Å². The number of carbonyl (C=O) groups is 1. The zero-order valence-corrected chi connectivity index (χ0v) is 14.0. The van der Waals surface area contributed by atoms with Crippen LogP contribution in [0.5, 0.6) is 0 Å². The number of piperidine rings is 1. The van der Waals surface area contributed by atoms with E-state index in [-0.39, 0.29) is 30.7 Å². The number of nitrogens with zero attached hydrogens (tertiary/aromatic N) is 2. The summed E-state index contributed by atoms with van der Waals surface area (Å²) in [5.41, 5.74) is 0. The lowest BCUT2D eigenvalue weighted by atomic mass is 9.97. The number of ether oxygens (including phenoxy) is 1. The molecule has 2 atom stereocenters. The molecule has 3 fully saturated rings. The second kappa shape index (κ2) is 9.79. The van der Waals surface area contributed by atoms with Crippen molar-refractivity contribution in [1.29, 1.82) is 0 Å². The third-order valence-corrected chi connectivity index (χ3v) is 3.97. The van der Waals surface area contributed by atoms with Gasteiger partial charge < -0.3 is 15.0 Å². The number of carbonyl (C=O) groups excluding carboxylic acids is 1. The summed E-state index contributed by atoms with van der Waals surface area (Å²) in [5.74, 6) is 0.909. The number of hydrogen-bond acceptors (Lipinski definition) is 4. The fourth-order valence-electron chi connectivity index (χ4n) is 2.80. The lowest BCUT2D eigenvalue weighted by Gasteiger charge is -2.25. The van der Waals surface area contributed by atoms with Crippen LogP contribution in [0.1, 0.15) is 12.8 Å². The summed E-state index contributed by atoms with van der Waals surface area (Å²) in [6, 6.07) is 0.511. The maximum atomic E-state index is 12.3. The van der Waals surface area contributed by atoms with Gasteiger partial charge in [-0.15, -0.1) is 24.8 Å². The zero-order chi connectivity index (χ0) is 13.0. The van der Waals surface area contributed by atoms with Gasteiger partial charge in [0.2, 0.25) is 5.91 Å². The van der Waals surface area contributed by atoms with E-state index in [1.54, 1.807) is 7.11 Å². The van der Waals surface area contributed by atoms with Gasteiger partial charge in [0, 0.05) is 32.8 Å². The maximum Gasteiger partial charge on any atom is 0.236 e. The zero-order valence-electron chi connectivity index (χ0n) is 12.3. The van der Waals surface area contributed by atoms with Crippen molar-refractivity contribution in [2.24, 2.45) is 5.92 Å². The molecule has 20 heavy (non-hydrogen) atoms. The third kappa shape index (κ3) is 5.74. The van der Waals surface area contributed by atoms with Gasteiger partial charge in [0.15, 0.2) is 0 Å². The molecule has 0 saturated carbocycles. The van der Waals surface area contributed by atoms with Crippen LogP contribution in [0.2, 0.25) is 0 Å². The van der Waals surface area contributed by atoms with E-state index < -0.39 is 0 Å². The first-order valence-electron chi connectivity index (χ1n) is 6.87. The third-order valence-electron chi connectivity index (χ3n) is 3.97. The number of amides is 1. The molecule has 3 saturated heterocycles. The predicted octanol–water partition coefficient (Wildman–Crippen LogP) is 0.619. The van der Waals surface area contributed by atoms with Gasteiger partial charge in [-0.25, -0.2) is 0 Å². The van der Waals surface area contributed by atoms with E-state index in [0.29, 0.717) is 25.1 Å². The van der Waals surface area contributed by atoms with Gasteiger partial charge in [-0.05, 0) is 32.4 Å². The summed E-state index contributed by atoms with van der Waals surface area (Å²) >= 11 is 0. The highest BCUT2D eigenvalue weighted by Crippen LogP contribution is 2.21. The summed E-state index contributed by atoms with van der Waals surface area (Å²) in [7, 11) is 3.66. The molecule has 2 bridgehead atoms. The number of halogens is 2. The molecule has 3 aliphatic heterocycles. The van der Waals surface area contributed by atoms with E-state index in [1.165, 1.54) is 12.8 Å². The Morgan fingerprint density at radius 3 is 2.70 bits per heavy atom. The molecule has 120 valence electrons. The van der Waals surface area contributed by atoms with Gasteiger partial charge in [-0.1, -0.05) is 0 Å². The van der Waals surface area contributed by atoms with Crippen LogP contribution < -0.4 is 5.32 Å². The first-order chi connectivity index (χ1) is 8.69. The second-order valence-electron chi connectivity index (χ2n) is 5.58. The Morgan fingerprint density at radius 1 is 1.35 bits per heavy atom. The van der Waals surface area contributed by atoms with E-state index in [1.807, 2.05) is 16.8 Å². The van der Waals surface area contributed by atoms with Gasteiger partial charge >= 0.3 is 0 Å². The molecule has 1 N–H and O–H groups in total. The van der Waals surface area contributed by atoms with Crippen LogP contribution >= 0.6 is 24.8 Å². The van der Waals surface area contributed by atoms with E-state index in [2.05, 4.69) is 5.32 Å². The topological polar surface area (TPSA) is 44.8 Å². The first-order valence-corrected chi connectivity index (χ1v) is 6.87. The molecule has 0 aromatic carbocycles. The minimum Gasteiger partial charge on any atom is -0.383 e. The number of fused-ring (bicyclic) bond motifs is 4. The van der Waals surface area contributed by atoms with Crippen LogP contribution in [0.4, 0.5) is 0 Å². The van der Waals surface area contributed by atoms with Crippen molar-refractivity contribution in [3.8, 4) is 0 Å². The van der Waals surface area contributed by atoms with E-state index in [9.17, 15) is 4.79 Å². The number of rotatable bonds is 5. The SMILES string of the molecule is COCCN(C)CC(=O)N1C[C@H]2CC[C@@H](C1)NC2.Cl.Cl. The van der Waals surface area contributed by atoms with Crippen LogP contribution in [0, 0.1) is 5.92 Å². The Labute approximate surface area is 134 Å². The normalized spacial score (nSPS) is 24.9. The quantitative estimate of drug-likeness (QED) is 0.804. The first kappa shape index (κ1) is 19.9. The number of methoxy groups -OCH3 is 1. The molecule has 5 nitrogen and oxygen atoms in total. The molecule has 3 rings (SSSR count). The van der Waals surface area contributed by atoms with Crippen molar-refractivity contribution in [2.75, 3.05) is 53.5 Å². The average molecular weight is 328 g/mol. The molecule has 0 spiro atoms. The summed E-state index contributed by atoms with van der Waals surface area (Å²) in [6.07, 6.45) is 2.48. The Kier molecular flexibility index (Phi) is 9.76. The molecule has 3 aliphatic rings. The largest absolute Gasteiger partial charge is 0.383 e. The smallest absolute Gasteiger partial charge is 0.236 e. The monoisotopic (exact) mass is 327 g/mol. The van der Waals surface area contributed by atoms with Crippen LogP contribution in [0.3, 0.4) is 0 Å². The molecule has 0 unspecified atom stereocenters. The number of likely N-dealkylation sites (N-methyl/N-ethyl adjacent to an activating group) is 1. The maximum absolute atomic E-state index is 12.3. The molecule has 0 radical (unpaired) electrons. The highest BCUT2D eigenvalue weighted by molar-refractivity contribution is 5.85. The number of hydrogen-bond donors (Lipinski definition) is 1. The Bertz CT molecular complexity index is 273. The van der Waals surface area contributed by atoms with Crippen LogP contribution in [-0.2, 0) is 9.53 Å². The summed E-state index contributed by atoms with van der Waals surface area (Å²) in [5, 5.41) is 3.53. The summed E-state index contributed by atoms with van der Waals surface area (Å²) in [6.45, 7) is 4.88. The van der Waals surface area contributed by atoms with Crippen molar-refractivity contribution >= 4 is 30.7 Å². The fourth-order valence-corrected chi connectivity index (χ4v) is 2.80. The molecule has 0 aromatic heterocycles. The van der Waals surface area contributed by atoms with Crippen molar-refractivity contribution in [3.05, 3.63) is 0 Å². The highest BCUT2D eigenvalue weighted by atomic mass is 35.5. The van der Waals surface area contributed by atoms with Crippen molar-refractivity contribution in [1.82, 2.24) is 15.1 Å². The van der Waals surface area contributed by atoms with Gasteiger partial charge in [-0.3, -0.25) is 9.69 Å². The van der Waals surface area contributed by atoms with Crippen molar-refractivity contribution in [2.45, 2.75) is 18.9 Å². The van der Waals surface area contributed by atoms with E-state index in [0.717, 1.165) is 26.2 Å². The van der Waals surface area contributed by atoms with E-state index in [4.69, 9.17) is 4.74 Å². The van der Waals surface area contributed by atoms with Crippen molar-refractivity contribution in [3.63, 3.8) is 0 Å². The predicted molar refractivity (Wildman–Crippen MR) is 85.0 cm³/mol. The molecule has 7 heteroatoms. The Morgan fingerprint density at radius 2 is 2.10 bits per heavy atom. The van der Waals surface area contributed by atoms with Gasteiger partial charge in [0.25, 0.3) is 0 Å². The molecular formula is C13H27Cl2N3O2. The molecule has 3 heterocycles. The molecule has 0 aliphatic carbocycles. The van der Waals surface area contributed by atoms with Crippen molar-refractivity contribution < 1.29 is 9.53 Å². The standard InChI is InChI=1S/C13H25N3O2.2ClH/c1-15(5-6-18-2)10-13(17)16-8-11-3-4-12(9-16)14-7-11;;/h11-12,14H,3-10H2,1-2H3;2*1H/t11-,12-;;/m0../s1. The fraction of sp³-hybridized carbons (Fsp3) is 0.923. The van der Waals surface area contributed by atoms with Crippen LogP contribution in [0.15, 0.2) is 0 Å². The summed E-state index contributed by atoms with van der Waals surface area (Å²) in [4.78, 5) is 16.3. The van der Waals surface area contributed by atoms with Crippen LogP contribution in [0.25, 0.3) is 0 Å². The Hall–Kier alpha value is -0.0700. The van der Waals surface area contributed by atoms with E-state index >= 15 is 0 Å². The highest BCUT2D eigenvalue weighted by Gasteiger charge is 2.31. The van der Waals surface area contributed by atoms with Gasteiger partial charge in [-0.2, -0.15) is 0 Å². The second-order valence-corrected chi connectivity index (χ2v) is 5.58. The minimum absolute atomic E-state index is 0. The molecule has 1 amide bonds. The lowest BCUT2D eigenvalue weighted by molar-refractivity contribution is -0.132. The molecule has 0 aromatic rings. The van der Waals surface area contributed by atoms with Gasteiger partial charge in [0.1, 0.15) is 0 Å². The lowest BCUT2D eigenvalue weighted by Crippen LogP contribution is -2.44. The number of nitrogens with one attached hydrogen (secondary N) is 1. The summed E-state index contributed by atoms with van der Waals surface area (Å²) < 4.78 is 5.03. The van der Waals surface area contributed by atoms with Gasteiger partial charge in [0.05, 0.1) is 13.2 Å². The average Bonchev–Trinajstić information content (AvgIpc) is 2.69. The Balaban J connectivity index is 0.00000180.